The van der Waals surface area contributed by atoms with E-state index in [2.05, 4.69) is 29.7 Å². The number of imide groups is 1. The topological polar surface area (TPSA) is 97.5 Å². The van der Waals surface area contributed by atoms with Crippen LogP contribution >= 0.6 is 11.8 Å². The zero-order valence-electron chi connectivity index (χ0n) is 17.6. The number of benzene rings is 1. The van der Waals surface area contributed by atoms with Crippen LogP contribution in [0.15, 0.2) is 34.2 Å². The SMILES string of the molecule is CC(C)NC(=O)NC(=O)[C@@H](C)Sc1nc2ccccc2c(=O)n1CCC[NH+](C)C. The van der Waals surface area contributed by atoms with Crippen molar-refractivity contribution in [2.75, 3.05) is 20.6 Å². The van der Waals surface area contributed by atoms with Crippen molar-refractivity contribution in [1.29, 1.82) is 0 Å². The Morgan fingerprint density at radius 2 is 1.90 bits per heavy atom. The third kappa shape index (κ3) is 6.57. The van der Waals surface area contributed by atoms with Crippen molar-refractivity contribution < 1.29 is 14.5 Å². The number of rotatable bonds is 8. The highest BCUT2D eigenvalue weighted by molar-refractivity contribution is 8.00. The predicted molar refractivity (Wildman–Crippen MR) is 115 cm³/mol. The van der Waals surface area contributed by atoms with E-state index in [1.807, 2.05) is 26.0 Å². The van der Waals surface area contributed by atoms with Gasteiger partial charge in [-0.2, -0.15) is 0 Å². The number of urea groups is 1. The Kier molecular flexibility index (Phi) is 8.21. The van der Waals surface area contributed by atoms with E-state index in [9.17, 15) is 14.4 Å². The van der Waals surface area contributed by atoms with Crippen molar-refractivity contribution in [2.24, 2.45) is 0 Å². The second-order valence-corrected chi connectivity index (χ2v) is 8.86. The van der Waals surface area contributed by atoms with Crippen LogP contribution in [0.3, 0.4) is 0 Å². The van der Waals surface area contributed by atoms with E-state index in [0.29, 0.717) is 22.6 Å². The Bertz CT molecular complexity index is 926. The molecule has 0 unspecified atom stereocenters. The summed E-state index contributed by atoms with van der Waals surface area (Å²) >= 11 is 1.18. The lowest BCUT2D eigenvalue weighted by Crippen LogP contribution is -3.05. The Labute approximate surface area is 175 Å². The van der Waals surface area contributed by atoms with Gasteiger partial charge in [-0.3, -0.25) is 19.5 Å². The van der Waals surface area contributed by atoms with E-state index in [1.54, 1.807) is 23.6 Å². The van der Waals surface area contributed by atoms with E-state index >= 15 is 0 Å². The molecule has 0 bridgehead atoms. The molecule has 29 heavy (non-hydrogen) atoms. The van der Waals surface area contributed by atoms with Gasteiger partial charge < -0.3 is 10.2 Å². The third-order valence-corrected chi connectivity index (χ3v) is 5.28. The molecule has 0 aliphatic heterocycles. The van der Waals surface area contributed by atoms with Gasteiger partial charge >= 0.3 is 6.03 Å². The zero-order valence-corrected chi connectivity index (χ0v) is 18.4. The quantitative estimate of drug-likeness (QED) is 0.430. The summed E-state index contributed by atoms with van der Waals surface area (Å²) in [6.07, 6.45) is 0.813. The van der Waals surface area contributed by atoms with Gasteiger partial charge in [0.2, 0.25) is 5.91 Å². The summed E-state index contributed by atoms with van der Waals surface area (Å²) in [6, 6.07) is 6.59. The van der Waals surface area contributed by atoms with Gasteiger partial charge in [0.15, 0.2) is 5.16 Å². The number of thioether (sulfide) groups is 1. The lowest BCUT2D eigenvalue weighted by molar-refractivity contribution is -0.858. The van der Waals surface area contributed by atoms with Gasteiger partial charge in [0.25, 0.3) is 5.56 Å². The van der Waals surface area contributed by atoms with Crippen LogP contribution in [0.25, 0.3) is 10.9 Å². The molecule has 0 aliphatic carbocycles. The van der Waals surface area contributed by atoms with Crippen LogP contribution in [0, 0.1) is 0 Å². The average molecular weight is 421 g/mol. The third-order valence-electron chi connectivity index (χ3n) is 4.19. The molecular weight excluding hydrogens is 390 g/mol. The lowest BCUT2D eigenvalue weighted by atomic mass is 10.2. The normalized spacial score (nSPS) is 12.4. The number of carbonyl (C=O) groups is 2. The fourth-order valence-corrected chi connectivity index (χ4v) is 3.68. The van der Waals surface area contributed by atoms with Crippen molar-refractivity contribution in [3.8, 4) is 0 Å². The largest absolute Gasteiger partial charge is 0.340 e. The molecule has 2 aromatic rings. The first-order chi connectivity index (χ1) is 13.7. The van der Waals surface area contributed by atoms with Crippen LogP contribution in [-0.2, 0) is 11.3 Å². The molecule has 1 heterocycles. The predicted octanol–water partition coefficient (Wildman–Crippen LogP) is 0.646. The maximum atomic E-state index is 13.0. The van der Waals surface area contributed by atoms with E-state index in [1.165, 1.54) is 16.7 Å². The number of hydrogen-bond donors (Lipinski definition) is 3. The van der Waals surface area contributed by atoms with Gasteiger partial charge in [-0.1, -0.05) is 23.9 Å². The van der Waals surface area contributed by atoms with Gasteiger partial charge in [0, 0.05) is 19.0 Å². The van der Waals surface area contributed by atoms with Crippen molar-refractivity contribution in [3.05, 3.63) is 34.6 Å². The number of nitrogens with one attached hydrogen (secondary N) is 3. The minimum absolute atomic E-state index is 0.0723. The molecular formula is C20H30N5O3S+. The van der Waals surface area contributed by atoms with Crippen LogP contribution in [0.2, 0.25) is 0 Å². The van der Waals surface area contributed by atoms with Crippen LogP contribution in [0.5, 0.6) is 0 Å². The molecule has 1 atom stereocenters. The Morgan fingerprint density at radius 3 is 2.55 bits per heavy atom. The molecule has 9 heteroatoms. The number of quaternary nitrogens is 1. The molecule has 3 amide bonds. The monoisotopic (exact) mass is 420 g/mol. The molecule has 2 rings (SSSR count). The number of hydrogen-bond acceptors (Lipinski definition) is 5. The summed E-state index contributed by atoms with van der Waals surface area (Å²) in [5, 5.41) is 5.40. The van der Waals surface area contributed by atoms with E-state index in [-0.39, 0.29) is 11.6 Å². The molecule has 1 aromatic heterocycles. The second-order valence-electron chi connectivity index (χ2n) is 7.56. The number of aromatic nitrogens is 2. The first-order valence-electron chi connectivity index (χ1n) is 9.75. The van der Waals surface area contributed by atoms with Crippen molar-refractivity contribution in [3.63, 3.8) is 0 Å². The smallest absolute Gasteiger partial charge is 0.321 e. The van der Waals surface area contributed by atoms with Gasteiger partial charge in [-0.15, -0.1) is 0 Å². The zero-order chi connectivity index (χ0) is 21.6. The first kappa shape index (κ1) is 22.9. The van der Waals surface area contributed by atoms with Gasteiger partial charge in [0.1, 0.15) is 0 Å². The summed E-state index contributed by atoms with van der Waals surface area (Å²) in [4.78, 5) is 43.1. The molecule has 3 N–H and O–H groups in total. The summed E-state index contributed by atoms with van der Waals surface area (Å²) in [7, 11) is 4.12. The summed E-state index contributed by atoms with van der Waals surface area (Å²) in [6.45, 7) is 6.75. The van der Waals surface area contributed by atoms with E-state index in [0.717, 1.165) is 13.0 Å². The fraction of sp³-hybridized carbons (Fsp3) is 0.500. The number of nitrogens with zero attached hydrogens (tertiary/aromatic N) is 2. The minimum Gasteiger partial charge on any atom is -0.340 e. The van der Waals surface area contributed by atoms with Crippen LogP contribution < -0.4 is 21.1 Å². The first-order valence-corrected chi connectivity index (χ1v) is 10.6. The second kappa shape index (κ2) is 10.4. The molecule has 158 valence electrons. The standard InChI is InChI=1S/C20H29N5O3S/c1-13(2)21-19(28)23-17(26)14(3)29-20-22-16-10-7-6-9-15(16)18(27)25(20)12-8-11-24(4)5/h6-7,9-10,13-14H,8,11-12H2,1-5H3,(H2,21,23,26,28)/p+1/t14-/m1/s1. The minimum atomic E-state index is -0.591. The lowest BCUT2D eigenvalue weighted by Gasteiger charge is -2.17. The number of carbonyl (C=O) groups excluding carboxylic acids is 2. The van der Waals surface area contributed by atoms with Crippen molar-refractivity contribution >= 4 is 34.6 Å². The van der Waals surface area contributed by atoms with Crippen molar-refractivity contribution in [2.45, 2.75) is 50.2 Å². The summed E-state index contributed by atoms with van der Waals surface area (Å²) in [5.74, 6) is -0.431. The Hall–Kier alpha value is -2.39. The fourth-order valence-electron chi connectivity index (χ4n) is 2.75. The number of fused-ring (bicyclic) bond motifs is 1. The summed E-state index contributed by atoms with van der Waals surface area (Å²) < 4.78 is 1.63. The maximum absolute atomic E-state index is 13.0. The molecule has 8 nitrogen and oxygen atoms in total. The number of para-hydroxylation sites is 1. The van der Waals surface area contributed by atoms with Crippen LogP contribution in [-0.4, -0.2) is 53.4 Å². The van der Waals surface area contributed by atoms with Gasteiger partial charge in [-0.25, -0.2) is 9.78 Å². The highest BCUT2D eigenvalue weighted by atomic mass is 32.2. The molecule has 0 spiro atoms. The molecule has 0 radical (unpaired) electrons. The molecule has 0 fully saturated rings. The highest BCUT2D eigenvalue weighted by Crippen LogP contribution is 2.22. The van der Waals surface area contributed by atoms with Crippen molar-refractivity contribution in [1.82, 2.24) is 20.2 Å². The molecule has 0 saturated heterocycles. The van der Waals surface area contributed by atoms with Crippen LogP contribution in [0.4, 0.5) is 4.79 Å². The summed E-state index contributed by atoms with van der Waals surface area (Å²) in [5.41, 5.74) is 0.483. The van der Waals surface area contributed by atoms with Gasteiger partial charge in [0.05, 0.1) is 36.8 Å². The van der Waals surface area contributed by atoms with Gasteiger partial charge in [-0.05, 0) is 32.9 Å². The molecule has 0 aliphatic rings. The highest BCUT2D eigenvalue weighted by Gasteiger charge is 2.21. The molecule has 0 saturated carbocycles. The Morgan fingerprint density at radius 1 is 1.21 bits per heavy atom. The molecule has 1 aromatic carbocycles. The number of amides is 3. The van der Waals surface area contributed by atoms with Crippen LogP contribution in [0.1, 0.15) is 27.2 Å². The maximum Gasteiger partial charge on any atom is 0.321 e. The van der Waals surface area contributed by atoms with E-state index < -0.39 is 17.2 Å². The Balaban J connectivity index is 2.26. The van der Waals surface area contributed by atoms with E-state index in [4.69, 9.17) is 0 Å². The average Bonchev–Trinajstić information content (AvgIpc) is 2.63.